The SMILES string of the molecule is CN(C)CCN1C(=O)CC[C@@H]1CCNC(=O)c1[nH]c2ccccc2c1Cl. The van der Waals surface area contributed by atoms with E-state index in [0.29, 0.717) is 23.7 Å². The minimum absolute atomic E-state index is 0.195. The lowest BCUT2D eigenvalue weighted by molar-refractivity contribution is -0.129. The zero-order chi connectivity index (χ0) is 18.7. The second-order valence-corrected chi connectivity index (χ2v) is 7.37. The summed E-state index contributed by atoms with van der Waals surface area (Å²) >= 11 is 6.32. The van der Waals surface area contributed by atoms with Crippen molar-refractivity contribution in [3.8, 4) is 0 Å². The summed E-state index contributed by atoms with van der Waals surface area (Å²) in [5, 5.41) is 4.21. The highest BCUT2D eigenvalue weighted by atomic mass is 35.5. The van der Waals surface area contributed by atoms with Crippen LogP contribution in [-0.2, 0) is 4.79 Å². The highest BCUT2D eigenvalue weighted by Gasteiger charge is 2.30. The number of carbonyl (C=O) groups excluding carboxylic acids is 2. The number of H-pyrrole nitrogens is 1. The molecule has 0 bridgehead atoms. The van der Waals surface area contributed by atoms with Crippen molar-refractivity contribution in [2.45, 2.75) is 25.3 Å². The summed E-state index contributed by atoms with van der Waals surface area (Å²) in [6.45, 7) is 2.10. The van der Waals surface area contributed by atoms with Crippen LogP contribution in [0.25, 0.3) is 10.9 Å². The number of hydrogen-bond acceptors (Lipinski definition) is 3. The van der Waals surface area contributed by atoms with E-state index in [0.717, 1.165) is 36.8 Å². The third kappa shape index (κ3) is 4.02. The van der Waals surface area contributed by atoms with Gasteiger partial charge in [0.2, 0.25) is 5.91 Å². The van der Waals surface area contributed by atoms with E-state index < -0.39 is 0 Å². The number of aromatic nitrogens is 1. The van der Waals surface area contributed by atoms with Crippen molar-refractivity contribution >= 4 is 34.3 Å². The Kier molecular flexibility index (Phi) is 5.84. The summed E-state index contributed by atoms with van der Waals surface area (Å²) in [5.74, 6) is -0.00259. The van der Waals surface area contributed by atoms with Gasteiger partial charge in [0.15, 0.2) is 0 Å². The number of benzene rings is 1. The van der Waals surface area contributed by atoms with Crippen molar-refractivity contribution in [1.82, 2.24) is 20.1 Å². The molecule has 1 aliphatic rings. The number of likely N-dealkylation sites (N-methyl/N-ethyl adjacent to an activating group) is 1. The molecule has 26 heavy (non-hydrogen) atoms. The molecule has 0 saturated carbocycles. The molecule has 0 radical (unpaired) electrons. The number of hydrogen-bond donors (Lipinski definition) is 2. The van der Waals surface area contributed by atoms with E-state index in [-0.39, 0.29) is 17.9 Å². The quantitative estimate of drug-likeness (QED) is 0.780. The minimum atomic E-state index is -0.213. The predicted octanol–water partition coefficient (Wildman–Crippen LogP) is 2.49. The molecule has 3 rings (SSSR count). The van der Waals surface area contributed by atoms with E-state index >= 15 is 0 Å². The van der Waals surface area contributed by atoms with Gasteiger partial charge in [0.05, 0.1) is 5.02 Å². The first-order valence-corrected chi connectivity index (χ1v) is 9.33. The second-order valence-electron chi connectivity index (χ2n) is 6.99. The van der Waals surface area contributed by atoms with Crippen LogP contribution in [-0.4, -0.2) is 66.4 Å². The summed E-state index contributed by atoms with van der Waals surface area (Å²) in [4.78, 5) is 31.6. The molecule has 7 heteroatoms. The molecule has 2 amide bonds. The first-order chi connectivity index (χ1) is 12.5. The fourth-order valence-corrected chi connectivity index (χ4v) is 3.71. The number of rotatable bonds is 7. The summed E-state index contributed by atoms with van der Waals surface area (Å²) < 4.78 is 0. The Labute approximate surface area is 158 Å². The maximum atomic E-state index is 12.5. The van der Waals surface area contributed by atoms with Crippen molar-refractivity contribution in [2.75, 3.05) is 33.7 Å². The molecule has 1 aromatic heterocycles. The van der Waals surface area contributed by atoms with Crippen molar-refractivity contribution in [1.29, 1.82) is 0 Å². The maximum Gasteiger partial charge on any atom is 0.269 e. The summed E-state index contributed by atoms with van der Waals surface area (Å²) in [6, 6.07) is 7.77. The summed E-state index contributed by atoms with van der Waals surface area (Å²) in [6.07, 6.45) is 2.21. The Bertz CT molecular complexity index is 802. The third-order valence-electron chi connectivity index (χ3n) is 4.87. The number of nitrogens with zero attached hydrogens (tertiary/aromatic N) is 2. The van der Waals surface area contributed by atoms with Gasteiger partial charge in [-0.3, -0.25) is 9.59 Å². The molecule has 2 heterocycles. The lowest BCUT2D eigenvalue weighted by Gasteiger charge is -2.26. The Morgan fingerprint density at radius 3 is 2.88 bits per heavy atom. The number of halogens is 1. The van der Waals surface area contributed by atoms with Crippen molar-refractivity contribution in [3.63, 3.8) is 0 Å². The van der Waals surface area contributed by atoms with Crippen LogP contribution >= 0.6 is 11.6 Å². The third-order valence-corrected chi connectivity index (χ3v) is 5.27. The van der Waals surface area contributed by atoms with Gasteiger partial charge in [-0.05, 0) is 33.0 Å². The number of amides is 2. The van der Waals surface area contributed by atoms with Crippen LogP contribution in [0.1, 0.15) is 29.8 Å². The van der Waals surface area contributed by atoms with Crippen LogP contribution in [0.2, 0.25) is 5.02 Å². The van der Waals surface area contributed by atoms with Gasteiger partial charge in [0.25, 0.3) is 5.91 Å². The normalized spacial score (nSPS) is 17.5. The zero-order valence-electron chi connectivity index (χ0n) is 15.2. The smallest absolute Gasteiger partial charge is 0.269 e. The summed E-state index contributed by atoms with van der Waals surface area (Å²) in [7, 11) is 4.00. The van der Waals surface area contributed by atoms with Gasteiger partial charge in [0.1, 0.15) is 5.69 Å². The fourth-order valence-electron chi connectivity index (χ4n) is 3.41. The fraction of sp³-hybridized carbons (Fsp3) is 0.474. The Morgan fingerprint density at radius 1 is 1.38 bits per heavy atom. The van der Waals surface area contributed by atoms with Crippen molar-refractivity contribution in [3.05, 3.63) is 35.0 Å². The molecule has 2 N–H and O–H groups in total. The van der Waals surface area contributed by atoms with E-state index in [1.165, 1.54) is 0 Å². The van der Waals surface area contributed by atoms with E-state index in [1.54, 1.807) is 0 Å². The molecule has 2 aromatic rings. The average molecular weight is 377 g/mol. The van der Waals surface area contributed by atoms with Crippen LogP contribution in [0.4, 0.5) is 0 Å². The molecule has 6 nitrogen and oxygen atoms in total. The first kappa shape index (κ1) is 18.7. The van der Waals surface area contributed by atoms with Crippen LogP contribution in [0.3, 0.4) is 0 Å². The molecule has 1 aromatic carbocycles. The Morgan fingerprint density at radius 2 is 2.15 bits per heavy atom. The molecule has 1 aliphatic heterocycles. The Balaban J connectivity index is 1.56. The highest BCUT2D eigenvalue weighted by molar-refractivity contribution is 6.38. The standard InChI is InChI=1S/C19H25ClN4O2/c1-23(2)11-12-24-13(7-8-16(24)25)9-10-21-19(26)18-17(20)14-5-3-4-6-15(14)22-18/h3-6,13,22H,7-12H2,1-2H3,(H,21,26)/t13-/m1/s1. The second kappa shape index (κ2) is 8.10. The van der Waals surface area contributed by atoms with Gasteiger partial charge in [-0.25, -0.2) is 0 Å². The van der Waals surface area contributed by atoms with Crippen molar-refractivity contribution in [2.24, 2.45) is 0 Å². The molecule has 1 atom stereocenters. The highest BCUT2D eigenvalue weighted by Crippen LogP contribution is 2.27. The van der Waals surface area contributed by atoms with Gasteiger partial charge >= 0.3 is 0 Å². The Hall–Kier alpha value is -2.05. The number of fused-ring (bicyclic) bond motifs is 1. The number of likely N-dealkylation sites (tertiary alicyclic amines) is 1. The van der Waals surface area contributed by atoms with E-state index in [1.807, 2.05) is 43.3 Å². The monoisotopic (exact) mass is 376 g/mol. The maximum absolute atomic E-state index is 12.5. The van der Waals surface area contributed by atoms with Crippen LogP contribution in [0.5, 0.6) is 0 Å². The van der Waals surface area contributed by atoms with Crippen LogP contribution in [0.15, 0.2) is 24.3 Å². The first-order valence-electron chi connectivity index (χ1n) is 8.96. The van der Waals surface area contributed by atoms with Gasteiger partial charge in [-0.15, -0.1) is 0 Å². The van der Waals surface area contributed by atoms with Crippen LogP contribution < -0.4 is 5.32 Å². The predicted molar refractivity (Wildman–Crippen MR) is 104 cm³/mol. The topological polar surface area (TPSA) is 68.4 Å². The summed E-state index contributed by atoms with van der Waals surface area (Å²) in [5.41, 5.74) is 1.23. The number of para-hydroxylation sites is 1. The molecule has 1 fully saturated rings. The molecule has 1 saturated heterocycles. The number of nitrogens with one attached hydrogen (secondary N) is 2. The van der Waals surface area contributed by atoms with Crippen molar-refractivity contribution < 1.29 is 9.59 Å². The molecule has 140 valence electrons. The van der Waals surface area contributed by atoms with Crippen LogP contribution in [0, 0.1) is 0 Å². The zero-order valence-corrected chi connectivity index (χ0v) is 16.0. The molecular formula is C19H25ClN4O2. The molecular weight excluding hydrogens is 352 g/mol. The average Bonchev–Trinajstić information content (AvgIpc) is 3.14. The molecule has 0 spiro atoms. The largest absolute Gasteiger partial charge is 0.351 e. The van der Waals surface area contributed by atoms with E-state index in [9.17, 15) is 9.59 Å². The minimum Gasteiger partial charge on any atom is -0.351 e. The van der Waals surface area contributed by atoms with Gasteiger partial charge < -0.3 is 20.1 Å². The van der Waals surface area contributed by atoms with Gasteiger partial charge in [-0.1, -0.05) is 29.8 Å². The lowest BCUT2D eigenvalue weighted by atomic mass is 10.1. The van der Waals surface area contributed by atoms with Gasteiger partial charge in [0, 0.05) is 43.0 Å². The molecule has 0 unspecified atom stereocenters. The number of carbonyl (C=O) groups is 2. The lowest BCUT2D eigenvalue weighted by Crippen LogP contribution is -2.40. The van der Waals surface area contributed by atoms with Gasteiger partial charge in [-0.2, -0.15) is 0 Å². The molecule has 0 aliphatic carbocycles. The van der Waals surface area contributed by atoms with E-state index in [2.05, 4.69) is 15.2 Å². The van der Waals surface area contributed by atoms with E-state index in [4.69, 9.17) is 11.6 Å². The number of aromatic amines is 1.